The van der Waals surface area contributed by atoms with Gasteiger partial charge in [0.2, 0.25) is 5.91 Å². The number of benzene rings is 2. The molecule has 5 rings (SSSR count). The van der Waals surface area contributed by atoms with Crippen molar-refractivity contribution in [3.8, 4) is 0 Å². The van der Waals surface area contributed by atoms with Gasteiger partial charge >= 0.3 is 0 Å². The molecule has 0 aromatic heterocycles. The minimum absolute atomic E-state index is 0.0000664. The molecule has 2 aromatic carbocycles. The van der Waals surface area contributed by atoms with E-state index >= 15 is 0 Å². The van der Waals surface area contributed by atoms with Gasteiger partial charge in [-0.2, -0.15) is 0 Å². The summed E-state index contributed by atoms with van der Waals surface area (Å²) >= 11 is 1.69. The maximum Gasteiger partial charge on any atom is 0.257 e. The second-order valence-electron chi connectivity index (χ2n) is 9.62. The first-order chi connectivity index (χ1) is 16.2. The molecule has 1 N–H and O–H groups in total. The van der Waals surface area contributed by atoms with Gasteiger partial charge in [-0.25, -0.2) is 0 Å². The van der Waals surface area contributed by atoms with Gasteiger partial charge in [0.1, 0.15) is 0 Å². The van der Waals surface area contributed by atoms with E-state index in [4.69, 9.17) is 0 Å². The van der Waals surface area contributed by atoms with Crippen molar-refractivity contribution < 1.29 is 9.59 Å². The summed E-state index contributed by atoms with van der Waals surface area (Å²) in [6.07, 6.45) is 7.92. The van der Waals surface area contributed by atoms with Crippen molar-refractivity contribution in [1.29, 1.82) is 0 Å². The number of hydrogen-bond donors (Lipinski definition) is 1. The molecule has 172 valence electrons. The summed E-state index contributed by atoms with van der Waals surface area (Å²) in [5.74, 6) is 1.00. The molecule has 2 heterocycles. The van der Waals surface area contributed by atoms with E-state index in [-0.39, 0.29) is 17.9 Å². The summed E-state index contributed by atoms with van der Waals surface area (Å²) in [5, 5.41) is 3.57. The van der Waals surface area contributed by atoms with Gasteiger partial charge < -0.3 is 10.2 Å². The van der Waals surface area contributed by atoms with Crippen LogP contribution in [0.25, 0.3) is 6.08 Å². The number of thioether (sulfide) groups is 1. The molecule has 0 bridgehead atoms. The molecule has 3 aliphatic rings. The van der Waals surface area contributed by atoms with Gasteiger partial charge in [0.05, 0.1) is 4.91 Å². The first kappa shape index (κ1) is 22.3. The van der Waals surface area contributed by atoms with E-state index in [1.54, 1.807) is 11.8 Å². The lowest BCUT2D eigenvalue weighted by Crippen LogP contribution is -2.52. The molecule has 0 radical (unpaired) electrons. The Morgan fingerprint density at radius 2 is 1.67 bits per heavy atom. The predicted molar refractivity (Wildman–Crippen MR) is 135 cm³/mol. The van der Waals surface area contributed by atoms with Crippen LogP contribution < -0.4 is 5.32 Å². The Balaban J connectivity index is 1.14. The van der Waals surface area contributed by atoms with Crippen molar-refractivity contribution >= 4 is 29.7 Å². The molecular formula is C28H32N2O2S. The fourth-order valence-electron chi connectivity index (χ4n) is 5.48. The molecule has 2 amide bonds. The number of nitrogens with one attached hydrogen (secondary N) is 1. The normalized spacial score (nSPS) is 27.2. The molecule has 1 saturated carbocycles. The third kappa shape index (κ3) is 5.35. The molecule has 2 saturated heterocycles. The fraction of sp³-hybridized carbons (Fsp3) is 0.429. The summed E-state index contributed by atoms with van der Waals surface area (Å²) in [7, 11) is 0. The monoisotopic (exact) mass is 460 g/mol. The summed E-state index contributed by atoms with van der Waals surface area (Å²) in [4.78, 5) is 28.9. The molecule has 0 spiro atoms. The van der Waals surface area contributed by atoms with Gasteiger partial charge in [-0.05, 0) is 61.6 Å². The second-order valence-corrected chi connectivity index (χ2v) is 10.9. The molecule has 2 aliphatic heterocycles. The molecule has 3 fully saturated rings. The maximum absolute atomic E-state index is 13.3. The van der Waals surface area contributed by atoms with Gasteiger partial charge in [0.25, 0.3) is 5.91 Å². The molecule has 1 aliphatic carbocycles. The van der Waals surface area contributed by atoms with Crippen LogP contribution in [0.1, 0.15) is 43.2 Å². The van der Waals surface area contributed by atoms with Crippen molar-refractivity contribution in [2.75, 3.05) is 13.1 Å². The van der Waals surface area contributed by atoms with Crippen molar-refractivity contribution in [2.45, 2.75) is 49.8 Å². The average molecular weight is 461 g/mol. The minimum atomic E-state index is -0.0000664. The van der Waals surface area contributed by atoms with Crippen LogP contribution in [0, 0.1) is 11.8 Å². The van der Waals surface area contributed by atoms with E-state index in [0.29, 0.717) is 17.1 Å². The Hall–Kier alpha value is -2.53. The van der Waals surface area contributed by atoms with Crippen LogP contribution in [-0.2, 0) is 16.0 Å². The highest BCUT2D eigenvalue weighted by molar-refractivity contribution is 8.04. The first-order valence-corrected chi connectivity index (χ1v) is 13.1. The highest BCUT2D eigenvalue weighted by atomic mass is 32.2. The van der Waals surface area contributed by atoms with E-state index in [0.717, 1.165) is 62.1 Å². The van der Waals surface area contributed by atoms with Crippen LogP contribution in [0.5, 0.6) is 0 Å². The highest BCUT2D eigenvalue weighted by Crippen LogP contribution is 2.40. The zero-order chi connectivity index (χ0) is 22.6. The number of fused-ring (bicyclic) bond motifs is 1. The summed E-state index contributed by atoms with van der Waals surface area (Å²) in [6.45, 7) is 1.73. The lowest BCUT2D eigenvalue weighted by atomic mass is 9.83. The van der Waals surface area contributed by atoms with E-state index in [2.05, 4.69) is 40.5 Å². The maximum atomic E-state index is 13.3. The lowest BCUT2D eigenvalue weighted by molar-refractivity contribution is -0.138. The zero-order valence-electron chi connectivity index (χ0n) is 19.0. The van der Waals surface area contributed by atoms with Crippen LogP contribution in [0.15, 0.2) is 65.6 Å². The number of hydrogen-bond acceptors (Lipinski definition) is 3. The zero-order valence-corrected chi connectivity index (χ0v) is 19.8. The first-order valence-electron chi connectivity index (χ1n) is 12.2. The molecule has 3 unspecified atom stereocenters. The van der Waals surface area contributed by atoms with E-state index in [1.165, 1.54) is 5.56 Å². The minimum Gasteiger partial charge on any atom is -0.348 e. The van der Waals surface area contributed by atoms with Crippen LogP contribution in [0.4, 0.5) is 0 Å². The molecular weight excluding hydrogens is 428 g/mol. The Kier molecular flexibility index (Phi) is 6.86. The van der Waals surface area contributed by atoms with E-state index < -0.39 is 0 Å². The van der Waals surface area contributed by atoms with Crippen molar-refractivity contribution in [3.05, 3.63) is 76.7 Å². The smallest absolute Gasteiger partial charge is 0.257 e. The third-order valence-corrected chi connectivity index (χ3v) is 8.77. The van der Waals surface area contributed by atoms with E-state index in [1.807, 2.05) is 36.4 Å². The van der Waals surface area contributed by atoms with Crippen LogP contribution in [0.3, 0.4) is 0 Å². The quantitative estimate of drug-likeness (QED) is 0.660. The number of rotatable bonds is 4. The summed E-state index contributed by atoms with van der Waals surface area (Å²) in [5.41, 5.74) is 2.44. The third-order valence-electron chi connectivity index (χ3n) is 7.35. The lowest BCUT2D eigenvalue weighted by Gasteiger charge is -2.41. The van der Waals surface area contributed by atoms with Gasteiger partial charge in [0.15, 0.2) is 0 Å². The average Bonchev–Trinajstić information content (AvgIpc) is 2.85. The number of nitrogens with zero attached hydrogens (tertiary/aromatic N) is 1. The molecule has 2 aromatic rings. The van der Waals surface area contributed by atoms with Gasteiger partial charge in [-0.3, -0.25) is 9.59 Å². The fourth-order valence-corrected chi connectivity index (χ4v) is 6.77. The van der Waals surface area contributed by atoms with Gasteiger partial charge in [0, 0.05) is 30.3 Å². The van der Waals surface area contributed by atoms with Crippen molar-refractivity contribution in [2.24, 2.45) is 11.8 Å². The van der Waals surface area contributed by atoms with Gasteiger partial charge in [-0.1, -0.05) is 60.7 Å². The van der Waals surface area contributed by atoms with Gasteiger partial charge in [-0.15, -0.1) is 11.8 Å². The second kappa shape index (κ2) is 10.2. The van der Waals surface area contributed by atoms with Crippen LogP contribution >= 0.6 is 11.8 Å². The summed E-state index contributed by atoms with van der Waals surface area (Å²) < 4.78 is 0. The number of carbonyl (C=O) groups excluding carboxylic acids is 2. The standard InChI is InChI=1S/C28H32N2O2S/c31-27-26(18-21-9-5-2-6-10-21)33-25-12-11-23(19-24(25)29-27)28(32)30-15-13-22(14-16-30)17-20-7-3-1-4-8-20/h1-10,18,22-25H,11-17,19H2,(H,29,31)/b26-18-. The SMILES string of the molecule is O=C1NC2CC(C(=O)N3CCC(Cc4ccccc4)CC3)CCC2S/C1=C\c1ccccc1. The Morgan fingerprint density at radius 3 is 2.39 bits per heavy atom. The molecule has 33 heavy (non-hydrogen) atoms. The van der Waals surface area contributed by atoms with Crippen LogP contribution in [-0.4, -0.2) is 41.1 Å². The molecule has 5 heteroatoms. The number of likely N-dealkylation sites (tertiary alicyclic amines) is 1. The topological polar surface area (TPSA) is 49.4 Å². The number of piperidine rings is 1. The highest BCUT2D eigenvalue weighted by Gasteiger charge is 2.41. The Labute approximate surface area is 200 Å². The van der Waals surface area contributed by atoms with Crippen molar-refractivity contribution in [3.63, 3.8) is 0 Å². The number of amides is 2. The summed E-state index contributed by atoms with van der Waals surface area (Å²) in [6, 6.07) is 20.8. The molecule has 3 atom stereocenters. The predicted octanol–water partition coefficient (Wildman–Crippen LogP) is 4.91. The van der Waals surface area contributed by atoms with E-state index in [9.17, 15) is 9.59 Å². The Morgan fingerprint density at radius 1 is 0.970 bits per heavy atom. The largest absolute Gasteiger partial charge is 0.348 e. The Bertz CT molecular complexity index is 999. The molecule has 4 nitrogen and oxygen atoms in total. The van der Waals surface area contributed by atoms with Crippen LogP contribution in [0.2, 0.25) is 0 Å². The number of carbonyl (C=O) groups is 2. The van der Waals surface area contributed by atoms with Crippen molar-refractivity contribution in [1.82, 2.24) is 10.2 Å².